The van der Waals surface area contributed by atoms with E-state index in [4.69, 9.17) is 9.47 Å². The summed E-state index contributed by atoms with van der Waals surface area (Å²) in [7, 11) is 0. The van der Waals surface area contributed by atoms with Gasteiger partial charge in [-0.2, -0.15) is 4.98 Å². The highest BCUT2D eigenvalue weighted by Crippen LogP contribution is 2.31. The van der Waals surface area contributed by atoms with Gasteiger partial charge in [-0.1, -0.05) is 45.4 Å². The molecule has 1 fully saturated rings. The molecule has 1 saturated heterocycles. The first-order valence-corrected chi connectivity index (χ1v) is 11.6. The number of hydrogen-bond donors (Lipinski definition) is 4. The van der Waals surface area contributed by atoms with Gasteiger partial charge >= 0.3 is 12.1 Å². The van der Waals surface area contributed by atoms with Gasteiger partial charge in [-0.15, -0.1) is 0 Å². The largest absolute Gasteiger partial charge is 0.449 e. The van der Waals surface area contributed by atoms with Gasteiger partial charge in [0.25, 0.3) is 5.56 Å². The number of amides is 3. The molecule has 0 aliphatic carbocycles. The fourth-order valence-corrected chi connectivity index (χ4v) is 3.34. The molecule has 0 saturated carbocycles. The third kappa shape index (κ3) is 10.1. The van der Waals surface area contributed by atoms with Crippen LogP contribution in [-0.2, 0) is 9.47 Å². The summed E-state index contributed by atoms with van der Waals surface area (Å²) in [5.74, 6) is 0.135. The number of aromatic amines is 1. The van der Waals surface area contributed by atoms with Crippen molar-refractivity contribution in [3.05, 3.63) is 22.6 Å². The van der Waals surface area contributed by atoms with E-state index < -0.39 is 5.56 Å². The lowest BCUT2D eigenvalue weighted by Crippen LogP contribution is -2.46. The normalized spacial score (nSPS) is 14.3. The molecule has 0 aromatic carbocycles. The van der Waals surface area contributed by atoms with E-state index in [1.165, 1.54) is 18.7 Å². The van der Waals surface area contributed by atoms with Gasteiger partial charge in [0.2, 0.25) is 5.95 Å². The summed E-state index contributed by atoms with van der Waals surface area (Å²) in [5, 5.41) is 8.06. The Labute approximate surface area is 189 Å². The van der Waals surface area contributed by atoms with E-state index in [0.717, 1.165) is 51.4 Å². The number of aromatic nitrogens is 2. The summed E-state index contributed by atoms with van der Waals surface area (Å²) in [6.07, 6.45) is 10.7. The van der Waals surface area contributed by atoms with Crippen molar-refractivity contribution < 1.29 is 19.1 Å². The summed E-state index contributed by atoms with van der Waals surface area (Å²) < 4.78 is 10.5. The highest BCUT2D eigenvalue weighted by atomic mass is 16.6. The molecule has 180 valence electrons. The van der Waals surface area contributed by atoms with Gasteiger partial charge in [0, 0.05) is 25.4 Å². The number of rotatable bonds is 15. The molecular weight excluding hydrogens is 414 g/mol. The van der Waals surface area contributed by atoms with Crippen LogP contribution in [0.25, 0.3) is 0 Å². The Morgan fingerprint density at radius 2 is 1.69 bits per heavy atom. The predicted molar refractivity (Wildman–Crippen MR) is 122 cm³/mol. The van der Waals surface area contributed by atoms with Crippen LogP contribution in [-0.4, -0.2) is 55.0 Å². The minimum atomic E-state index is -0.405. The maximum Gasteiger partial charge on any atom is 0.407 e. The Bertz CT molecular complexity index is 745. The lowest BCUT2D eigenvalue weighted by atomic mass is 9.84. The minimum Gasteiger partial charge on any atom is -0.449 e. The number of alkyl carbamates (subject to hydrolysis) is 1. The number of hydrogen-bond acceptors (Lipinski definition) is 6. The van der Waals surface area contributed by atoms with Gasteiger partial charge in [0.05, 0.1) is 18.6 Å². The molecule has 1 aliphatic rings. The Kier molecular flexibility index (Phi) is 11.6. The van der Waals surface area contributed by atoms with Gasteiger partial charge < -0.3 is 25.1 Å². The van der Waals surface area contributed by atoms with E-state index in [9.17, 15) is 14.4 Å². The van der Waals surface area contributed by atoms with E-state index in [1.807, 2.05) is 0 Å². The predicted octanol–water partition coefficient (Wildman–Crippen LogP) is 3.17. The zero-order valence-electron chi connectivity index (χ0n) is 19.0. The number of H-pyrrole nitrogens is 1. The maximum atomic E-state index is 11.7. The maximum absolute atomic E-state index is 11.7. The van der Waals surface area contributed by atoms with Gasteiger partial charge in [-0.25, -0.2) is 9.59 Å². The molecule has 32 heavy (non-hydrogen) atoms. The molecule has 0 radical (unpaired) electrons. The van der Waals surface area contributed by atoms with Crippen molar-refractivity contribution in [2.24, 2.45) is 5.41 Å². The number of anilines is 1. The summed E-state index contributed by atoms with van der Waals surface area (Å²) in [5.41, 5.74) is -0.376. The van der Waals surface area contributed by atoms with Crippen molar-refractivity contribution >= 4 is 18.1 Å². The van der Waals surface area contributed by atoms with Gasteiger partial charge in [-0.05, 0) is 19.3 Å². The number of carbonyl (C=O) groups is 2. The molecule has 0 unspecified atom stereocenters. The third-order valence-electron chi connectivity index (χ3n) is 5.63. The van der Waals surface area contributed by atoms with Crippen molar-refractivity contribution in [1.29, 1.82) is 0 Å². The second-order valence-corrected chi connectivity index (χ2v) is 8.33. The van der Waals surface area contributed by atoms with Crippen LogP contribution >= 0.6 is 0 Å². The number of carbonyl (C=O) groups excluding carboxylic acids is 2. The molecule has 10 heteroatoms. The number of nitrogens with one attached hydrogen (secondary N) is 4. The molecule has 0 atom stereocenters. The van der Waals surface area contributed by atoms with Crippen molar-refractivity contribution in [3.8, 4) is 0 Å². The molecule has 3 amide bonds. The summed E-state index contributed by atoms with van der Waals surface area (Å²) in [6.45, 7) is 5.11. The zero-order chi connectivity index (χ0) is 23.1. The van der Waals surface area contributed by atoms with Crippen LogP contribution in [0.4, 0.5) is 15.5 Å². The number of nitrogens with zero attached hydrogens (tertiary/aromatic N) is 1. The fourth-order valence-electron chi connectivity index (χ4n) is 3.34. The van der Waals surface area contributed by atoms with Crippen molar-refractivity contribution in [1.82, 2.24) is 20.6 Å². The zero-order valence-corrected chi connectivity index (χ0v) is 19.0. The smallest absolute Gasteiger partial charge is 0.407 e. The highest BCUT2D eigenvalue weighted by Gasteiger charge is 2.38. The Balaban J connectivity index is 1.33. The minimum absolute atomic E-state index is 0.0288. The standard InChI is InChI=1S/C22H37N5O5/c1-2-22(15-31-16-22)17-32-21(30)25-13-10-8-6-4-3-5-7-9-12-24-20(29)27-19-23-14-11-18(28)26-19/h11,14H,2-10,12-13,15-17H2,1H3,(H,25,30)(H3,23,24,26,27,28,29). The Morgan fingerprint density at radius 3 is 2.25 bits per heavy atom. The number of ether oxygens (including phenoxy) is 2. The topological polar surface area (TPSA) is 134 Å². The molecule has 4 N–H and O–H groups in total. The molecule has 1 aliphatic heterocycles. The quantitative estimate of drug-likeness (QED) is 0.303. The molecule has 10 nitrogen and oxygen atoms in total. The molecule has 0 bridgehead atoms. The summed E-state index contributed by atoms with van der Waals surface area (Å²) >= 11 is 0. The van der Waals surface area contributed by atoms with Crippen LogP contribution in [0.15, 0.2) is 17.1 Å². The lowest BCUT2D eigenvalue weighted by Gasteiger charge is -2.39. The molecule has 0 spiro atoms. The van der Waals surface area contributed by atoms with Crippen molar-refractivity contribution in [2.75, 3.05) is 38.2 Å². The monoisotopic (exact) mass is 451 g/mol. The van der Waals surface area contributed by atoms with Crippen LogP contribution in [0, 0.1) is 5.41 Å². The van der Waals surface area contributed by atoms with E-state index in [1.54, 1.807) is 0 Å². The van der Waals surface area contributed by atoms with E-state index in [0.29, 0.717) is 32.9 Å². The molecular formula is C22H37N5O5. The van der Waals surface area contributed by atoms with Gasteiger partial charge in [0.15, 0.2) is 0 Å². The Morgan fingerprint density at radius 1 is 1.06 bits per heavy atom. The van der Waals surface area contributed by atoms with E-state index in [2.05, 4.69) is 32.8 Å². The average molecular weight is 452 g/mol. The molecule has 2 heterocycles. The third-order valence-corrected chi connectivity index (χ3v) is 5.63. The van der Waals surface area contributed by atoms with Gasteiger partial charge in [0.1, 0.15) is 6.61 Å². The molecule has 1 aromatic heterocycles. The van der Waals surface area contributed by atoms with Gasteiger partial charge in [-0.3, -0.25) is 10.1 Å². The first kappa shape index (κ1) is 25.6. The highest BCUT2D eigenvalue weighted by molar-refractivity contribution is 5.87. The molecule has 1 aromatic rings. The van der Waals surface area contributed by atoms with Crippen molar-refractivity contribution in [2.45, 2.75) is 64.7 Å². The van der Waals surface area contributed by atoms with Crippen LogP contribution in [0.2, 0.25) is 0 Å². The number of urea groups is 1. The summed E-state index contributed by atoms with van der Waals surface area (Å²) in [6, 6.07) is 0.907. The van der Waals surface area contributed by atoms with Crippen LogP contribution in [0.5, 0.6) is 0 Å². The van der Waals surface area contributed by atoms with Crippen molar-refractivity contribution in [3.63, 3.8) is 0 Å². The SMILES string of the molecule is CCC1(COC(=O)NCCCCCCCCCCNC(=O)Nc2nc(=O)cc[nH]2)COC1. The fraction of sp³-hybridized carbons (Fsp3) is 0.727. The van der Waals surface area contributed by atoms with Crippen LogP contribution < -0.4 is 21.5 Å². The Hall–Kier alpha value is -2.62. The lowest BCUT2D eigenvalue weighted by molar-refractivity contribution is -0.138. The van der Waals surface area contributed by atoms with Crippen LogP contribution in [0.1, 0.15) is 64.7 Å². The van der Waals surface area contributed by atoms with E-state index >= 15 is 0 Å². The second kappa shape index (κ2) is 14.4. The first-order valence-electron chi connectivity index (χ1n) is 11.6. The summed E-state index contributed by atoms with van der Waals surface area (Å²) in [4.78, 5) is 40.9. The first-order chi connectivity index (χ1) is 15.5. The number of unbranched alkanes of at least 4 members (excludes halogenated alkanes) is 7. The molecule has 2 rings (SSSR count). The van der Waals surface area contributed by atoms with E-state index in [-0.39, 0.29) is 23.5 Å². The van der Waals surface area contributed by atoms with Crippen LogP contribution in [0.3, 0.4) is 0 Å². The average Bonchev–Trinajstić information content (AvgIpc) is 2.74. The second-order valence-electron chi connectivity index (χ2n) is 8.33.